The molecule has 4 rings (SSSR count). The van der Waals surface area contributed by atoms with Gasteiger partial charge in [-0.15, -0.1) is 5.10 Å². The number of unbranched alkanes of at least 4 members (excludes halogenated alkanes) is 4. The Morgan fingerprint density at radius 1 is 0.839 bits per heavy atom. The van der Waals surface area contributed by atoms with Gasteiger partial charge >= 0.3 is 0 Å². The van der Waals surface area contributed by atoms with Crippen LogP contribution in [0.3, 0.4) is 0 Å². The third-order valence-corrected chi connectivity index (χ3v) is 5.91. The van der Waals surface area contributed by atoms with Crippen LogP contribution in [0.1, 0.15) is 70.2 Å². The van der Waals surface area contributed by atoms with E-state index in [0.717, 1.165) is 69.1 Å². The Hall–Kier alpha value is -2.35. The number of nitrogens with two attached hydrogens (primary N) is 1. The minimum absolute atomic E-state index is 0.253. The number of fused-ring (bicyclic) bond motifs is 1. The summed E-state index contributed by atoms with van der Waals surface area (Å²) in [5.74, 6) is 1.63. The molecule has 2 aliphatic rings. The molecule has 2 N–H and O–H groups in total. The zero-order chi connectivity index (χ0) is 22.1. The monoisotopic (exact) mass is 426 g/mol. The molecule has 170 valence electrons. The molecule has 1 aliphatic heterocycles. The first-order valence-corrected chi connectivity index (χ1v) is 11.9. The van der Waals surface area contributed by atoms with Crippen molar-refractivity contribution in [1.29, 1.82) is 0 Å². The summed E-state index contributed by atoms with van der Waals surface area (Å²) >= 11 is 0. The lowest BCUT2D eigenvalue weighted by Crippen LogP contribution is -2.44. The molecule has 3 heterocycles. The van der Waals surface area contributed by atoms with Crippen LogP contribution in [0.15, 0.2) is 6.07 Å². The maximum atomic E-state index is 5.93. The number of nitrogens with zero attached hydrogens (tertiary/aromatic N) is 7. The molecule has 8 nitrogen and oxygen atoms in total. The average Bonchev–Trinajstić information content (AvgIpc) is 2.79. The van der Waals surface area contributed by atoms with Gasteiger partial charge in [0.15, 0.2) is 0 Å². The number of rotatable bonds is 6. The van der Waals surface area contributed by atoms with Crippen LogP contribution < -0.4 is 10.6 Å². The van der Waals surface area contributed by atoms with E-state index in [1.54, 1.807) is 0 Å². The van der Waals surface area contributed by atoms with Gasteiger partial charge < -0.3 is 15.5 Å². The Morgan fingerprint density at radius 2 is 1.52 bits per heavy atom. The molecule has 0 radical (unpaired) electrons. The highest BCUT2D eigenvalue weighted by Gasteiger charge is 2.19. The number of likely N-dealkylation sites (N-methyl/N-ethyl adjacent to an activating group) is 1. The average molecular weight is 427 g/mol. The summed E-state index contributed by atoms with van der Waals surface area (Å²) in [5, 5.41) is 8.61. The second kappa shape index (κ2) is 11.9. The molecule has 0 amide bonds. The van der Waals surface area contributed by atoms with E-state index in [0.29, 0.717) is 11.5 Å². The fourth-order valence-electron chi connectivity index (χ4n) is 3.91. The van der Waals surface area contributed by atoms with Crippen molar-refractivity contribution in [1.82, 2.24) is 30.0 Å². The van der Waals surface area contributed by atoms with E-state index in [9.17, 15) is 0 Å². The first-order chi connectivity index (χ1) is 15.1. The van der Waals surface area contributed by atoms with Crippen molar-refractivity contribution in [3.05, 3.63) is 17.5 Å². The highest BCUT2D eigenvalue weighted by Crippen LogP contribution is 2.23. The van der Waals surface area contributed by atoms with Crippen molar-refractivity contribution in [3.63, 3.8) is 0 Å². The molecular formula is C23H38N8. The normalized spacial score (nSPS) is 16.4. The minimum atomic E-state index is 0.253. The number of hydrogen-bond acceptors (Lipinski definition) is 8. The van der Waals surface area contributed by atoms with Crippen molar-refractivity contribution in [3.8, 4) is 11.5 Å². The van der Waals surface area contributed by atoms with Crippen LogP contribution in [0, 0.1) is 0 Å². The molecule has 1 aliphatic carbocycles. The maximum Gasteiger partial charge on any atom is 0.222 e. The van der Waals surface area contributed by atoms with Gasteiger partial charge in [0.2, 0.25) is 11.8 Å². The maximum absolute atomic E-state index is 5.93. The van der Waals surface area contributed by atoms with Crippen molar-refractivity contribution >= 4 is 11.8 Å². The second-order valence-electron chi connectivity index (χ2n) is 8.56. The summed E-state index contributed by atoms with van der Waals surface area (Å²) in [6.45, 7) is 8.36. The fourth-order valence-corrected chi connectivity index (χ4v) is 3.91. The SMILES string of the molecule is CCCCCCC.CN1CCN(c2cc(-c3nnc4c(n3)CCCC4)nc(N)n2)CC1. The molecule has 31 heavy (non-hydrogen) atoms. The number of anilines is 2. The van der Waals surface area contributed by atoms with Crippen molar-refractivity contribution < 1.29 is 0 Å². The summed E-state index contributed by atoms with van der Waals surface area (Å²) in [5.41, 5.74) is 8.65. The standard InChI is InChI=1S/C16H22N8.C7H16/c1-23-6-8-24(9-7-23)14-10-13(19-16(17)20-14)15-18-11-4-2-3-5-12(11)21-22-15;1-3-5-7-6-4-2/h10H,2-9H2,1H3,(H2,17,19,20);3-7H2,1-2H3. The lowest BCUT2D eigenvalue weighted by atomic mass is 10.0. The van der Waals surface area contributed by atoms with Gasteiger partial charge in [0.05, 0.1) is 11.4 Å². The lowest BCUT2D eigenvalue weighted by molar-refractivity contribution is 0.312. The topological polar surface area (TPSA) is 97.0 Å². The smallest absolute Gasteiger partial charge is 0.222 e. The third kappa shape index (κ3) is 6.82. The van der Waals surface area contributed by atoms with E-state index in [4.69, 9.17) is 5.73 Å². The van der Waals surface area contributed by atoms with E-state index in [1.807, 2.05) is 6.07 Å². The molecule has 0 unspecified atom stereocenters. The Morgan fingerprint density at radius 3 is 2.19 bits per heavy atom. The number of nitrogen functional groups attached to an aromatic ring is 1. The van der Waals surface area contributed by atoms with Gasteiger partial charge in [0.1, 0.15) is 11.5 Å². The van der Waals surface area contributed by atoms with Crippen LogP contribution in [0.4, 0.5) is 11.8 Å². The number of piperazine rings is 1. The molecule has 0 bridgehead atoms. The Balaban J connectivity index is 0.000000339. The molecule has 1 saturated heterocycles. The molecule has 0 saturated carbocycles. The van der Waals surface area contributed by atoms with Gasteiger partial charge in [-0.25, -0.2) is 9.97 Å². The van der Waals surface area contributed by atoms with Gasteiger partial charge in [-0.05, 0) is 32.7 Å². The highest BCUT2D eigenvalue weighted by atomic mass is 15.3. The van der Waals surface area contributed by atoms with Gasteiger partial charge in [-0.3, -0.25) is 0 Å². The van der Waals surface area contributed by atoms with Crippen LogP contribution in [-0.2, 0) is 12.8 Å². The number of aryl methyl sites for hydroxylation is 2. The quantitative estimate of drug-likeness (QED) is 0.701. The van der Waals surface area contributed by atoms with Crippen LogP contribution in [0.25, 0.3) is 11.5 Å². The van der Waals surface area contributed by atoms with Gasteiger partial charge in [0, 0.05) is 32.2 Å². The molecule has 0 atom stereocenters. The van der Waals surface area contributed by atoms with Crippen LogP contribution in [0.2, 0.25) is 0 Å². The summed E-state index contributed by atoms with van der Waals surface area (Å²) in [7, 11) is 2.13. The zero-order valence-corrected chi connectivity index (χ0v) is 19.5. The molecule has 1 fully saturated rings. The van der Waals surface area contributed by atoms with Crippen LogP contribution in [0.5, 0.6) is 0 Å². The van der Waals surface area contributed by atoms with Crippen LogP contribution >= 0.6 is 0 Å². The number of aromatic nitrogens is 5. The van der Waals surface area contributed by atoms with E-state index in [-0.39, 0.29) is 5.95 Å². The molecule has 2 aromatic rings. The van der Waals surface area contributed by atoms with E-state index < -0.39 is 0 Å². The van der Waals surface area contributed by atoms with E-state index >= 15 is 0 Å². The third-order valence-electron chi connectivity index (χ3n) is 5.91. The molecule has 8 heteroatoms. The van der Waals surface area contributed by atoms with Crippen molar-refractivity contribution in [2.24, 2.45) is 0 Å². The highest BCUT2D eigenvalue weighted by molar-refractivity contribution is 5.58. The summed E-state index contributed by atoms with van der Waals surface area (Å²) in [6.07, 6.45) is 11.3. The predicted molar refractivity (Wildman–Crippen MR) is 126 cm³/mol. The zero-order valence-electron chi connectivity index (χ0n) is 19.5. The Kier molecular flexibility index (Phi) is 8.94. The summed E-state index contributed by atoms with van der Waals surface area (Å²) < 4.78 is 0. The van der Waals surface area contributed by atoms with Crippen LogP contribution in [-0.4, -0.2) is 63.3 Å². The fraction of sp³-hybridized carbons (Fsp3) is 0.696. The van der Waals surface area contributed by atoms with E-state index in [1.165, 1.54) is 32.1 Å². The minimum Gasteiger partial charge on any atom is -0.368 e. The van der Waals surface area contributed by atoms with Gasteiger partial charge in [-0.1, -0.05) is 46.0 Å². The number of hydrogen-bond donors (Lipinski definition) is 1. The molecular weight excluding hydrogens is 388 g/mol. The lowest BCUT2D eigenvalue weighted by Gasteiger charge is -2.33. The van der Waals surface area contributed by atoms with Gasteiger partial charge in [-0.2, -0.15) is 10.1 Å². The molecule has 0 spiro atoms. The molecule has 2 aromatic heterocycles. The predicted octanol–water partition coefficient (Wildman–Crippen LogP) is 3.52. The summed E-state index contributed by atoms with van der Waals surface area (Å²) in [4.78, 5) is 17.9. The molecule has 0 aromatic carbocycles. The van der Waals surface area contributed by atoms with Crippen molar-refractivity contribution in [2.45, 2.75) is 71.6 Å². The van der Waals surface area contributed by atoms with E-state index in [2.05, 4.69) is 55.8 Å². The Labute approximate surface area is 186 Å². The Bertz CT molecular complexity index is 813. The largest absolute Gasteiger partial charge is 0.368 e. The summed E-state index contributed by atoms with van der Waals surface area (Å²) in [6, 6.07) is 1.92. The first-order valence-electron chi connectivity index (χ1n) is 11.9. The van der Waals surface area contributed by atoms with Crippen molar-refractivity contribution in [2.75, 3.05) is 43.9 Å². The second-order valence-corrected chi connectivity index (χ2v) is 8.56. The first kappa shape index (κ1) is 23.3. The van der Waals surface area contributed by atoms with Gasteiger partial charge in [0.25, 0.3) is 0 Å².